The number of aromatic nitrogens is 1. The summed E-state index contributed by atoms with van der Waals surface area (Å²) < 4.78 is 7.93. The highest BCUT2D eigenvalue weighted by molar-refractivity contribution is 6.09. The fraction of sp³-hybridized carbons (Fsp3) is 0.429. The van der Waals surface area contributed by atoms with Crippen LogP contribution in [-0.2, 0) is 10.3 Å². The molecule has 7 nitrogen and oxygen atoms in total. The number of hydrogen-bond acceptors (Lipinski definition) is 4. The standard InChI is InChI=1S/C28H34N4O3/c1-18-16-28(18,26(29)30-34)32-23-11-10-19(20-12-13-35-27(2,3)17-20)14-21(23)15-24(32)25(33)31(4)22-8-6-5-7-9-22/h5-11,14-15,18,20,34H,12-13,16-17H2,1-4H3,(H2,29,30)/t18-,20+,28-/m1/s1. The fourth-order valence-corrected chi connectivity index (χ4v) is 5.81. The number of para-hydroxylation sites is 1. The molecular weight excluding hydrogens is 440 g/mol. The highest BCUT2D eigenvalue weighted by atomic mass is 16.5. The number of amidine groups is 1. The Bertz CT molecular complexity index is 1300. The molecule has 1 saturated heterocycles. The fourth-order valence-electron chi connectivity index (χ4n) is 5.81. The van der Waals surface area contributed by atoms with Gasteiger partial charge in [0.2, 0.25) is 0 Å². The van der Waals surface area contributed by atoms with E-state index in [9.17, 15) is 10.0 Å². The Labute approximate surface area is 206 Å². The predicted octanol–water partition coefficient (Wildman–Crippen LogP) is 5.07. The Balaban J connectivity index is 1.64. The van der Waals surface area contributed by atoms with E-state index in [1.54, 1.807) is 11.9 Å². The molecule has 1 saturated carbocycles. The first-order valence-electron chi connectivity index (χ1n) is 12.3. The highest BCUT2D eigenvalue weighted by Crippen LogP contribution is 2.53. The molecule has 3 aromatic rings. The van der Waals surface area contributed by atoms with E-state index < -0.39 is 5.54 Å². The van der Waals surface area contributed by atoms with Gasteiger partial charge in [-0.15, -0.1) is 0 Å². The number of nitrogens with two attached hydrogens (primary N) is 1. The van der Waals surface area contributed by atoms with E-state index in [-0.39, 0.29) is 23.3 Å². The Morgan fingerprint density at radius 1 is 1.17 bits per heavy atom. The number of anilines is 1. The lowest BCUT2D eigenvalue weighted by Crippen LogP contribution is -2.39. The van der Waals surface area contributed by atoms with E-state index in [0.29, 0.717) is 18.0 Å². The third-order valence-corrected chi connectivity index (χ3v) is 7.88. The van der Waals surface area contributed by atoms with E-state index >= 15 is 0 Å². The first-order valence-corrected chi connectivity index (χ1v) is 12.3. The largest absolute Gasteiger partial charge is 0.409 e. The average Bonchev–Trinajstić information content (AvgIpc) is 3.38. The summed E-state index contributed by atoms with van der Waals surface area (Å²) in [6.07, 6.45) is 2.63. The molecule has 2 heterocycles. The van der Waals surface area contributed by atoms with Crippen LogP contribution in [0, 0.1) is 5.92 Å². The number of benzene rings is 2. The monoisotopic (exact) mass is 474 g/mol. The lowest BCUT2D eigenvalue weighted by atomic mass is 9.83. The summed E-state index contributed by atoms with van der Waals surface area (Å²) >= 11 is 0. The quantitative estimate of drug-likeness (QED) is 0.234. The van der Waals surface area contributed by atoms with Crippen LogP contribution in [-0.4, -0.2) is 40.8 Å². The van der Waals surface area contributed by atoms with Crippen LogP contribution >= 0.6 is 0 Å². The average molecular weight is 475 g/mol. The first kappa shape index (κ1) is 23.4. The zero-order valence-corrected chi connectivity index (χ0v) is 20.9. The maximum atomic E-state index is 13.8. The summed E-state index contributed by atoms with van der Waals surface area (Å²) in [7, 11) is 1.78. The lowest BCUT2D eigenvalue weighted by Gasteiger charge is -2.35. The topological polar surface area (TPSA) is 93.1 Å². The van der Waals surface area contributed by atoms with Crippen LogP contribution < -0.4 is 10.6 Å². The molecule has 184 valence electrons. The van der Waals surface area contributed by atoms with Crippen molar-refractivity contribution in [3.8, 4) is 0 Å². The minimum Gasteiger partial charge on any atom is -0.409 e. The van der Waals surface area contributed by atoms with Gasteiger partial charge in [0.25, 0.3) is 5.91 Å². The van der Waals surface area contributed by atoms with Crippen molar-refractivity contribution in [1.29, 1.82) is 0 Å². The van der Waals surface area contributed by atoms with Crippen molar-refractivity contribution < 1.29 is 14.7 Å². The number of amides is 1. The number of nitrogens with zero attached hydrogens (tertiary/aromatic N) is 3. The minimum atomic E-state index is -0.721. The summed E-state index contributed by atoms with van der Waals surface area (Å²) in [5, 5.41) is 14.0. The van der Waals surface area contributed by atoms with Crippen LogP contribution in [0.1, 0.15) is 62.0 Å². The minimum absolute atomic E-state index is 0.133. The van der Waals surface area contributed by atoms with Crippen molar-refractivity contribution in [3.05, 3.63) is 65.9 Å². The molecule has 0 bridgehead atoms. The maximum Gasteiger partial charge on any atom is 0.274 e. The molecule has 1 aliphatic heterocycles. The number of carbonyl (C=O) groups excluding carboxylic acids is 1. The molecular formula is C28H34N4O3. The number of carbonyl (C=O) groups is 1. The summed E-state index contributed by atoms with van der Waals surface area (Å²) in [6.45, 7) is 7.09. The molecule has 1 aliphatic carbocycles. The van der Waals surface area contributed by atoms with E-state index in [1.807, 2.05) is 41.0 Å². The van der Waals surface area contributed by atoms with Crippen molar-refractivity contribution in [2.45, 2.75) is 57.1 Å². The predicted molar refractivity (Wildman–Crippen MR) is 138 cm³/mol. The zero-order valence-electron chi connectivity index (χ0n) is 20.9. The van der Waals surface area contributed by atoms with Gasteiger partial charge in [-0.3, -0.25) is 4.79 Å². The second kappa shape index (κ2) is 8.41. The number of hydrogen-bond donors (Lipinski definition) is 2. The molecule has 2 fully saturated rings. The van der Waals surface area contributed by atoms with Gasteiger partial charge in [0.05, 0.1) is 5.60 Å². The molecule has 0 spiro atoms. The number of oxime groups is 1. The van der Waals surface area contributed by atoms with Gasteiger partial charge in [-0.05, 0) is 80.8 Å². The van der Waals surface area contributed by atoms with Gasteiger partial charge >= 0.3 is 0 Å². The third-order valence-electron chi connectivity index (χ3n) is 7.88. The van der Waals surface area contributed by atoms with Crippen LogP contribution in [0.3, 0.4) is 0 Å². The third kappa shape index (κ3) is 3.88. The molecule has 1 amide bonds. The van der Waals surface area contributed by atoms with Crippen LogP contribution in [0.4, 0.5) is 5.69 Å². The Morgan fingerprint density at radius 3 is 2.51 bits per heavy atom. The van der Waals surface area contributed by atoms with Gasteiger partial charge in [-0.2, -0.15) is 0 Å². The van der Waals surface area contributed by atoms with Crippen molar-refractivity contribution in [1.82, 2.24) is 4.57 Å². The molecule has 3 N–H and O–H groups in total. The van der Waals surface area contributed by atoms with Gasteiger partial charge < -0.3 is 25.1 Å². The SMILES string of the molecule is C[C@@H]1C[C@@]1(/C(N)=N/O)n1c(C(=O)N(C)c2ccccc2)cc2cc([C@H]3CCOC(C)(C)C3)ccc21. The number of ether oxygens (including phenoxy) is 1. The van der Waals surface area contributed by atoms with Crippen molar-refractivity contribution >= 4 is 28.3 Å². The Hall–Kier alpha value is -3.32. The van der Waals surface area contributed by atoms with Gasteiger partial charge in [-0.1, -0.05) is 36.3 Å². The number of fused-ring (bicyclic) bond motifs is 1. The Kier molecular flexibility index (Phi) is 5.63. The molecule has 5 rings (SSSR count). The van der Waals surface area contributed by atoms with E-state index in [2.05, 4.69) is 44.1 Å². The van der Waals surface area contributed by atoms with Gasteiger partial charge in [0.15, 0.2) is 5.84 Å². The van der Waals surface area contributed by atoms with Crippen molar-refractivity contribution in [3.63, 3.8) is 0 Å². The molecule has 7 heteroatoms. The molecule has 35 heavy (non-hydrogen) atoms. The van der Waals surface area contributed by atoms with E-state index in [4.69, 9.17) is 10.5 Å². The van der Waals surface area contributed by atoms with Crippen LogP contribution in [0.25, 0.3) is 10.9 Å². The highest BCUT2D eigenvalue weighted by Gasteiger charge is 2.58. The molecule has 0 unspecified atom stereocenters. The normalized spacial score (nSPS) is 26.0. The summed E-state index contributed by atoms with van der Waals surface area (Å²) in [5.74, 6) is 0.536. The summed E-state index contributed by atoms with van der Waals surface area (Å²) in [6, 6.07) is 18.0. The van der Waals surface area contributed by atoms with E-state index in [0.717, 1.165) is 36.0 Å². The molecule has 1 aromatic heterocycles. The van der Waals surface area contributed by atoms with Gasteiger partial charge in [-0.25, -0.2) is 0 Å². The van der Waals surface area contributed by atoms with Gasteiger partial charge in [0, 0.05) is 30.2 Å². The summed E-state index contributed by atoms with van der Waals surface area (Å²) in [5.41, 5.74) is 8.90. The molecule has 3 atom stereocenters. The van der Waals surface area contributed by atoms with Crippen LogP contribution in [0.15, 0.2) is 59.8 Å². The molecule has 2 aromatic carbocycles. The zero-order chi connectivity index (χ0) is 25.0. The lowest BCUT2D eigenvalue weighted by molar-refractivity contribution is -0.0592. The second-order valence-electron chi connectivity index (χ2n) is 10.7. The molecule has 2 aliphatic rings. The van der Waals surface area contributed by atoms with Crippen LogP contribution in [0.5, 0.6) is 0 Å². The maximum absolute atomic E-state index is 13.8. The van der Waals surface area contributed by atoms with E-state index in [1.165, 1.54) is 5.56 Å². The molecule has 0 radical (unpaired) electrons. The Morgan fingerprint density at radius 2 is 1.89 bits per heavy atom. The van der Waals surface area contributed by atoms with Crippen LogP contribution in [0.2, 0.25) is 0 Å². The smallest absolute Gasteiger partial charge is 0.274 e. The van der Waals surface area contributed by atoms with Crippen molar-refractivity contribution in [2.75, 3.05) is 18.6 Å². The van der Waals surface area contributed by atoms with Crippen molar-refractivity contribution in [2.24, 2.45) is 16.8 Å². The first-order chi connectivity index (χ1) is 16.7. The van der Waals surface area contributed by atoms with Gasteiger partial charge in [0.1, 0.15) is 11.2 Å². The summed E-state index contributed by atoms with van der Waals surface area (Å²) in [4.78, 5) is 15.5. The number of rotatable bonds is 5. The second-order valence-corrected chi connectivity index (χ2v) is 10.7.